The van der Waals surface area contributed by atoms with Crippen molar-refractivity contribution in [2.24, 2.45) is 5.73 Å². The molecule has 1 heterocycles. The Morgan fingerprint density at radius 3 is 2.61 bits per heavy atom. The summed E-state index contributed by atoms with van der Waals surface area (Å²) in [6.07, 6.45) is 0.390. The smallest absolute Gasteiger partial charge is 0.254 e. The normalized spacial score (nSPS) is 10.1. The van der Waals surface area contributed by atoms with E-state index in [1.54, 1.807) is 13.8 Å². The van der Waals surface area contributed by atoms with Crippen molar-refractivity contribution in [3.63, 3.8) is 0 Å². The van der Waals surface area contributed by atoms with E-state index in [1.165, 1.54) is 0 Å². The third-order valence-electron chi connectivity index (χ3n) is 2.40. The van der Waals surface area contributed by atoms with Gasteiger partial charge >= 0.3 is 0 Å². The summed E-state index contributed by atoms with van der Waals surface area (Å²) in [6, 6.07) is 0. The fourth-order valence-corrected chi connectivity index (χ4v) is 1.56. The monoisotopic (exact) mass is 252 g/mol. The van der Waals surface area contributed by atoms with Gasteiger partial charge in [-0.15, -0.1) is 0 Å². The highest BCUT2D eigenvalue weighted by Crippen LogP contribution is 2.02. The molecule has 4 N–H and O–H groups in total. The minimum Gasteiger partial charge on any atom is -0.368 e. The number of carbonyl (C=O) groups excluding carboxylic acids is 2. The summed E-state index contributed by atoms with van der Waals surface area (Å²) < 4.78 is 0. The third kappa shape index (κ3) is 4.00. The quantitative estimate of drug-likeness (QED) is 0.617. The molecule has 0 unspecified atom stereocenters. The van der Waals surface area contributed by atoms with Gasteiger partial charge in [-0.2, -0.15) is 0 Å². The van der Waals surface area contributed by atoms with Crippen molar-refractivity contribution in [1.82, 2.24) is 15.3 Å². The maximum Gasteiger partial charge on any atom is 0.254 e. The second kappa shape index (κ2) is 5.95. The molecule has 2 amide bonds. The molecular weight excluding hydrogens is 236 g/mol. The van der Waals surface area contributed by atoms with Gasteiger partial charge in [-0.05, 0) is 20.3 Å². The van der Waals surface area contributed by atoms with Crippen molar-refractivity contribution < 1.29 is 9.59 Å². The van der Waals surface area contributed by atoms with Crippen LogP contribution in [0, 0.1) is 13.8 Å². The molecule has 0 aliphatic carbocycles. The summed E-state index contributed by atoms with van der Waals surface area (Å²) in [5, 5.41) is 2.36. The Morgan fingerprint density at radius 2 is 2.06 bits per heavy atom. The molecule has 7 nitrogen and oxygen atoms in total. The van der Waals surface area contributed by atoms with Gasteiger partial charge in [0, 0.05) is 17.7 Å². The Bertz CT molecular complexity index is 522. The van der Waals surface area contributed by atoms with Crippen LogP contribution in [-0.4, -0.2) is 28.3 Å². The van der Waals surface area contributed by atoms with Crippen molar-refractivity contribution in [1.29, 1.82) is 0 Å². The molecule has 98 valence electrons. The van der Waals surface area contributed by atoms with Crippen LogP contribution >= 0.6 is 0 Å². The number of H-pyrrole nitrogens is 1. The molecule has 0 bridgehead atoms. The van der Waals surface area contributed by atoms with Gasteiger partial charge in [-0.3, -0.25) is 14.4 Å². The minimum atomic E-state index is -0.602. The Hall–Kier alpha value is -2.18. The molecule has 0 spiro atoms. The van der Waals surface area contributed by atoms with Crippen molar-refractivity contribution in [3.8, 4) is 0 Å². The van der Waals surface area contributed by atoms with E-state index >= 15 is 0 Å². The first kappa shape index (κ1) is 13.9. The number of aromatic amines is 1. The zero-order valence-corrected chi connectivity index (χ0v) is 10.4. The number of hydrogen-bond donors (Lipinski definition) is 3. The molecule has 0 aromatic carbocycles. The lowest BCUT2D eigenvalue weighted by molar-refractivity contribution is -0.124. The van der Waals surface area contributed by atoms with Crippen LogP contribution in [0.4, 0.5) is 0 Å². The van der Waals surface area contributed by atoms with E-state index < -0.39 is 5.91 Å². The fraction of sp³-hybridized carbons (Fsp3) is 0.455. The average Bonchev–Trinajstić information content (AvgIpc) is 2.24. The number of carbonyl (C=O) groups is 2. The topological polar surface area (TPSA) is 118 Å². The molecule has 0 aliphatic heterocycles. The summed E-state index contributed by atoms with van der Waals surface area (Å²) in [5.41, 5.74) is 5.75. The highest BCUT2D eigenvalue weighted by molar-refractivity contribution is 5.83. The number of nitrogens with two attached hydrogens (primary N) is 1. The van der Waals surface area contributed by atoms with E-state index in [-0.39, 0.29) is 30.9 Å². The summed E-state index contributed by atoms with van der Waals surface area (Å²) in [6.45, 7) is 3.22. The largest absolute Gasteiger partial charge is 0.368 e. The van der Waals surface area contributed by atoms with Crippen LogP contribution in [0.2, 0.25) is 0 Å². The molecule has 0 saturated carbocycles. The lowest BCUT2D eigenvalue weighted by atomic mass is 10.1. The van der Waals surface area contributed by atoms with Gasteiger partial charge in [0.1, 0.15) is 5.82 Å². The number of aryl methyl sites for hydroxylation is 2. The molecule has 18 heavy (non-hydrogen) atoms. The van der Waals surface area contributed by atoms with E-state index in [4.69, 9.17) is 5.73 Å². The van der Waals surface area contributed by atoms with Crippen molar-refractivity contribution in [3.05, 3.63) is 27.4 Å². The molecule has 1 aromatic heterocycles. The van der Waals surface area contributed by atoms with Crippen LogP contribution in [0.25, 0.3) is 0 Å². The number of amides is 2. The number of hydrogen-bond acceptors (Lipinski definition) is 4. The minimum absolute atomic E-state index is 0.113. The van der Waals surface area contributed by atoms with Crippen molar-refractivity contribution in [2.45, 2.75) is 26.7 Å². The number of rotatable bonds is 5. The number of primary amides is 1. The van der Waals surface area contributed by atoms with Gasteiger partial charge in [0.15, 0.2) is 0 Å². The maximum absolute atomic E-state index is 11.6. The van der Waals surface area contributed by atoms with Crippen molar-refractivity contribution >= 4 is 11.8 Å². The molecule has 1 rings (SSSR count). The number of nitrogens with zero attached hydrogens (tertiary/aromatic N) is 1. The highest BCUT2D eigenvalue weighted by atomic mass is 16.2. The number of aromatic nitrogens is 2. The van der Waals surface area contributed by atoms with Crippen LogP contribution in [0.1, 0.15) is 23.5 Å². The van der Waals surface area contributed by atoms with Crippen LogP contribution in [0.15, 0.2) is 4.79 Å². The molecular formula is C11H16N4O3. The van der Waals surface area contributed by atoms with Gasteiger partial charge in [-0.1, -0.05) is 0 Å². The second-order valence-corrected chi connectivity index (χ2v) is 3.96. The Morgan fingerprint density at radius 1 is 1.39 bits per heavy atom. The number of nitrogens with one attached hydrogen (secondary N) is 2. The summed E-state index contributed by atoms with van der Waals surface area (Å²) in [5.74, 6) is -0.387. The summed E-state index contributed by atoms with van der Waals surface area (Å²) in [4.78, 5) is 40.2. The van der Waals surface area contributed by atoms with Crippen LogP contribution < -0.4 is 16.6 Å². The zero-order valence-electron chi connectivity index (χ0n) is 10.4. The molecule has 0 saturated heterocycles. The molecule has 0 atom stereocenters. The van der Waals surface area contributed by atoms with E-state index in [2.05, 4.69) is 15.3 Å². The third-order valence-corrected chi connectivity index (χ3v) is 2.40. The van der Waals surface area contributed by atoms with E-state index in [0.717, 1.165) is 0 Å². The highest BCUT2D eigenvalue weighted by Gasteiger charge is 2.09. The first-order valence-corrected chi connectivity index (χ1v) is 5.51. The predicted molar refractivity (Wildman–Crippen MR) is 64.9 cm³/mol. The van der Waals surface area contributed by atoms with Gasteiger partial charge in [0.25, 0.3) is 5.56 Å². The Labute approximate surface area is 104 Å². The predicted octanol–water partition coefficient (Wildman–Crippen LogP) is -1.08. The van der Waals surface area contributed by atoms with Gasteiger partial charge in [0.05, 0.1) is 6.54 Å². The average molecular weight is 252 g/mol. The van der Waals surface area contributed by atoms with Crippen molar-refractivity contribution in [2.75, 3.05) is 6.54 Å². The van der Waals surface area contributed by atoms with E-state index in [9.17, 15) is 14.4 Å². The fourth-order valence-electron chi connectivity index (χ4n) is 1.56. The van der Waals surface area contributed by atoms with E-state index in [0.29, 0.717) is 17.1 Å². The Balaban J connectivity index is 2.61. The van der Waals surface area contributed by atoms with E-state index in [1.807, 2.05) is 0 Å². The molecule has 0 radical (unpaired) electrons. The maximum atomic E-state index is 11.6. The first-order chi connectivity index (χ1) is 8.40. The SMILES string of the molecule is Cc1nc(C)c(CCC(=O)NCC(N)=O)c(=O)[nH]1. The molecule has 7 heteroatoms. The lowest BCUT2D eigenvalue weighted by Gasteiger charge is -2.05. The van der Waals surface area contributed by atoms with Crippen LogP contribution in [0.5, 0.6) is 0 Å². The Kier molecular flexibility index (Phi) is 4.59. The van der Waals surface area contributed by atoms with Crippen LogP contribution in [-0.2, 0) is 16.0 Å². The van der Waals surface area contributed by atoms with Gasteiger partial charge in [0.2, 0.25) is 11.8 Å². The second-order valence-electron chi connectivity index (χ2n) is 3.96. The summed E-state index contributed by atoms with van der Waals surface area (Å²) >= 11 is 0. The van der Waals surface area contributed by atoms with Gasteiger partial charge in [-0.25, -0.2) is 4.98 Å². The first-order valence-electron chi connectivity index (χ1n) is 5.51. The molecule has 1 aromatic rings. The molecule has 0 aliphatic rings. The lowest BCUT2D eigenvalue weighted by Crippen LogP contribution is -2.33. The zero-order chi connectivity index (χ0) is 13.7. The molecule has 0 fully saturated rings. The van der Waals surface area contributed by atoms with Gasteiger partial charge < -0.3 is 16.0 Å². The standard InChI is InChI=1S/C11H16N4O3/c1-6-8(11(18)15-7(2)14-6)3-4-10(17)13-5-9(12)16/h3-5H2,1-2H3,(H2,12,16)(H,13,17)(H,14,15,18). The summed E-state index contributed by atoms with van der Waals surface area (Å²) in [7, 11) is 0. The van der Waals surface area contributed by atoms with Crippen LogP contribution in [0.3, 0.4) is 0 Å².